The fourth-order valence-corrected chi connectivity index (χ4v) is 1.13. The summed E-state index contributed by atoms with van der Waals surface area (Å²) in [7, 11) is 0. The average molecular weight is 162 g/mol. The van der Waals surface area contributed by atoms with E-state index < -0.39 is 0 Å². The predicted molar refractivity (Wildman–Crippen MR) is 51.7 cm³/mol. The molecule has 1 fully saturated rings. The Hall–Kier alpha value is -1.24. The van der Waals surface area contributed by atoms with Gasteiger partial charge < -0.3 is 4.74 Å². The van der Waals surface area contributed by atoms with Gasteiger partial charge in [-0.05, 0) is 18.6 Å². The topological polar surface area (TPSA) is 9.23 Å². The van der Waals surface area contributed by atoms with Crippen molar-refractivity contribution in [2.75, 3.05) is 6.61 Å². The Bertz CT molecular complexity index is 244. The smallest absolute Gasteiger partial charge is 0.122 e. The van der Waals surface area contributed by atoms with Crippen molar-refractivity contribution < 1.29 is 4.74 Å². The van der Waals surface area contributed by atoms with Crippen LogP contribution in [0.3, 0.4) is 0 Å². The molecule has 12 heavy (non-hydrogen) atoms. The zero-order chi connectivity index (χ0) is 8.81. The molecule has 0 amide bonds. The highest BCUT2D eigenvalue weighted by Crippen LogP contribution is 2.23. The quantitative estimate of drug-likeness (QED) is 0.606. The van der Waals surface area contributed by atoms with E-state index >= 15 is 0 Å². The molecular formula is C11H14O. The molecular weight excluding hydrogens is 148 g/mol. The molecule has 0 N–H and O–H groups in total. The normalized spacial score (nSPS) is 23.8. The second-order valence-corrected chi connectivity index (χ2v) is 2.58. The maximum Gasteiger partial charge on any atom is 0.122 e. The Labute approximate surface area is 73.7 Å². The van der Waals surface area contributed by atoms with Gasteiger partial charge in [-0.1, -0.05) is 30.9 Å². The molecule has 1 heteroatoms. The van der Waals surface area contributed by atoms with Crippen molar-refractivity contribution in [3.63, 3.8) is 0 Å². The predicted octanol–water partition coefficient (Wildman–Crippen LogP) is 2.98. The van der Waals surface area contributed by atoms with Crippen molar-refractivity contribution in [2.24, 2.45) is 0 Å². The van der Waals surface area contributed by atoms with Crippen LogP contribution in [-0.2, 0) is 4.74 Å². The number of ether oxygens (including phenoxy) is 1. The maximum absolute atomic E-state index is 5.39. The first-order valence-electron chi connectivity index (χ1n) is 4.16. The van der Waals surface area contributed by atoms with Crippen molar-refractivity contribution in [1.29, 1.82) is 0 Å². The van der Waals surface area contributed by atoms with E-state index in [-0.39, 0.29) is 0 Å². The molecule has 1 rings (SSSR count). The summed E-state index contributed by atoms with van der Waals surface area (Å²) in [6.45, 7) is 6.44. The summed E-state index contributed by atoms with van der Waals surface area (Å²) >= 11 is 0. The van der Waals surface area contributed by atoms with Gasteiger partial charge in [-0.25, -0.2) is 0 Å². The maximum atomic E-state index is 5.39. The standard InChI is InChI=1S/C11H14O/c1-3-5-7-10-8-9-12-11(10)6-4-2/h3-7H,2,8-9H2,1H3/b5-3-,10-7-,11-6+. The Morgan fingerprint density at radius 3 is 2.92 bits per heavy atom. The van der Waals surface area contributed by atoms with Crippen LogP contribution in [0.15, 0.2) is 48.3 Å². The first kappa shape index (κ1) is 8.85. The van der Waals surface area contributed by atoms with Gasteiger partial charge in [0.1, 0.15) is 5.76 Å². The summed E-state index contributed by atoms with van der Waals surface area (Å²) in [5.74, 6) is 0.961. The van der Waals surface area contributed by atoms with Crippen molar-refractivity contribution in [3.8, 4) is 0 Å². The summed E-state index contributed by atoms with van der Waals surface area (Å²) < 4.78 is 5.39. The second-order valence-electron chi connectivity index (χ2n) is 2.58. The zero-order valence-corrected chi connectivity index (χ0v) is 7.42. The van der Waals surface area contributed by atoms with E-state index in [0.29, 0.717) is 0 Å². The van der Waals surface area contributed by atoms with Crippen LogP contribution < -0.4 is 0 Å². The molecule has 0 unspecified atom stereocenters. The molecule has 0 aliphatic carbocycles. The number of rotatable bonds is 2. The van der Waals surface area contributed by atoms with Gasteiger partial charge >= 0.3 is 0 Å². The fourth-order valence-electron chi connectivity index (χ4n) is 1.13. The second kappa shape index (κ2) is 4.60. The van der Waals surface area contributed by atoms with Gasteiger partial charge in [0.2, 0.25) is 0 Å². The largest absolute Gasteiger partial charge is 0.493 e. The van der Waals surface area contributed by atoms with Crippen LogP contribution in [-0.4, -0.2) is 6.61 Å². The lowest BCUT2D eigenvalue weighted by molar-refractivity contribution is 0.266. The third-order valence-corrected chi connectivity index (χ3v) is 1.70. The molecule has 0 spiro atoms. The Morgan fingerprint density at radius 1 is 1.42 bits per heavy atom. The third kappa shape index (κ3) is 2.12. The monoisotopic (exact) mass is 162 g/mol. The highest BCUT2D eigenvalue weighted by atomic mass is 16.5. The van der Waals surface area contributed by atoms with E-state index in [4.69, 9.17) is 4.74 Å². The highest BCUT2D eigenvalue weighted by Gasteiger charge is 2.12. The molecule has 0 aromatic heterocycles. The van der Waals surface area contributed by atoms with E-state index in [1.165, 1.54) is 5.57 Å². The van der Waals surface area contributed by atoms with E-state index in [1.807, 2.05) is 25.2 Å². The van der Waals surface area contributed by atoms with Gasteiger partial charge in [0.05, 0.1) is 6.61 Å². The van der Waals surface area contributed by atoms with Gasteiger partial charge in [0.25, 0.3) is 0 Å². The lowest BCUT2D eigenvalue weighted by atomic mass is 10.1. The molecule has 0 atom stereocenters. The van der Waals surface area contributed by atoms with Gasteiger partial charge in [-0.3, -0.25) is 0 Å². The summed E-state index contributed by atoms with van der Waals surface area (Å²) in [6, 6.07) is 0. The molecule has 1 nitrogen and oxygen atoms in total. The van der Waals surface area contributed by atoms with Crippen molar-refractivity contribution in [2.45, 2.75) is 13.3 Å². The first-order chi connectivity index (χ1) is 5.88. The minimum absolute atomic E-state index is 0.795. The van der Waals surface area contributed by atoms with E-state index in [0.717, 1.165) is 18.8 Å². The fraction of sp³-hybridized carbons (Fsp3) is 0.273. The average Bonchev–Trinajstić information content (AvgIpc) is 2.50. The van der Waals surface area contributed by atoms with Crippen LogP contribution in [0, 0.1) is 0 Å². The minimum Gasteiger partial charge on any atom is -0.493 e. The van der Waals surface area contributed by atoms with Crippen LogP contribution in [0.2, 0.25) is 0 Å². The Kier molecular flexibility index (Phi) is 3.39. The van der Waals surface area contributed by atoms with Gasteiger partial charge in [0, 0.05) is 6.42 Å². The van der Waals surface area contributed by atoms with Crippen molar-refractivity contribution in [1.82, 2.24) is 0 Å². The van der Waals surface area contributed by atoms with E-state index in [9.17, 15) is 0 Å². The number of hydrogen-bond donors (Lipinski definition) is 0. The molecule has 0 radical (unpaired) electrons. The van der Waals surface area contributed by atoms with Gasteiger partial charge in [-0.2, -0.15) is 0 Å². The van der Waals surface area contributed by atoms with Gasteiger partial charge in [-0.15, -0.1) is 0 Å². The lowest BCUT2D eigenvalue weighted by Gasteiger charge is -1.96. The lowest BCUT2D eigenvalue weighted by Crippen LogP contribution is -1.79. The minimum atomic E-state index is 0.795. The zero-order valence-electron chi connectivity index (χ0n) is 7.42. The van der Waals surface area contributed by atoms with Crippen molar-refractivity contribution >= 4 is 0 Å². The highest BCUT2D eigenvalue weighted by molar-refractivity contribution is 5.34. The number of allylic oxidation sites excluding steroid dienone is 6. The summed E-state index contributed by atoms with van der Waals surface area (Å²) in [5, 5.41) is 0. The summed E-state index contributed by atoms with van der Waals surface area (Å²) in [6.07, 6.45) is 10.8. The van der Waals surface area contributed by atoms with Gasteiger partial charge in [0.15, 0.2) is 0 Å². The molecule has 1 aliphatic heterocycles. The number of hydrogen-bond acceptors (Lipinski definition) is 1. The molecule has 1 heterocycles. The van der Waals surface area contributed by atoms with Crippen LogP contribution in [0.5, 0.6) is 0 Å². The Balaban J connectivity index is 2.76. The molecule has 1 aliphatic rings. The first-order valence-corrected chi connectivity index (χ1v) is 4.16. The van der Waals surface area contributed by atoms with E-state index in [1.54, 1.807) is 6.08 Å². The molecule has 64 valence electrons. The SMILES string of the molecule is C=C/C=C1/OCC/C1=C/C=C\C. The van der Waals surface area contributed by atoms with Crippen LogP contribution in [0.1, 0.15) is 13.3 Å². The molecule has 0 aromatic rings. The van der Waals surface area contributed by atoms with Crippen LogP contribution in [0.4, 0.5) is 0 Å². The Morgan fingerprint density at radius 2 is 2.25 bits per heavy atom. The molecule has 1 saturated heterocycles. The summed E-state index contributed by atoms with van der Waals surface area (Å²) in [4.78, 5) is 0. The summed E-state index contributed by atoms with van der Waals surface area (Å²) in [5.41, 5.74) is 1.26. The third-order valence-electron chi connectivity index (χ3n) is 1.70. The van der Waals surface area contributed by atoms with Crippen LogP contribution >= 0.6 is 0 Å². The van der Waals surface area contributed by atoms with E-state index in [2.05, 4.69) is 12.7 Å². The molecule has 0 bridgehead atoms. The van der Waals surface area contributed by atoms with Crippen LogP contribution in [0.25, 0.3) is 0 Å². The van der Waals surface area contributed by atoms with Crippen molar-refractivity contribution in [3.05, 3.63) is 48.3 Å². The molecule has 0 aromatic carbocycles. The molecule has 0 saturated carbocycles.